The number of para-hydroxylation sites is 4. The quantitative estimate of drug-likeness (QED) is 0.153. The van der Waals surface area contributed by atoms with Crippen molar-refractivity contribution in [3.8, 4) is 55.6 Å². The molecule has 296 valence electrons. The van der Waals surface area contributed by atoms with Gasteiger partial charge in [0.05, 0.1) is 0 Å². The minimum atomic E-state index is 0.896. The second-order valence-corrected chi connectivity index (χ2v) is 16.1. The van der Waals surface area contributed by atoms with Crippen LogP contribution in [0.2, 0.25) is 0 Å². The molecule has 0 unspecified atom stereocenters. The number of hydrogen-bond acceptors (Lipinski definition) is 3. The Hall–Kier alpha value is -8.40. The van der Waals surface area contributed by atoms with Crippen molar-refractivity contribution in [2.24, 2.45) is 0 Å². The highest BCUT2D eigenvalue weighted by molar-refractivity contribution is 6.11. The van der Waals surface area contributed by atoms with Gasteiger partial charge in [-0.3, -0.25) is 0 Å². The average molecular weight is 806 g/mol. The van der Waals surface area contributed by atoms with Gasteiger partial charge in [0.15, 0.2) is 0 Å². The molecular weight excluding hydrogens is 767 g/mol. The molecule has 0 fully saturated rings. The number of benzene rings is 10. The predicted molar refractivity (Wildman–Crippen MR) is 263 cm³/mol. The van der Waals surface area contributed by atoms with E-state index in [1.54, 1.807) is 0 Å². The first-order valence-electron chi connectivity index (χ1n) is 21.4. The van der Waals surface area contributed by atoms with E-state index < -0.39 is 0 Å². The molecule has 0 atom stereocenters. The summed E-state index contributed by atoms with van der Waals surface area (Å²) in [6.07, 6.45) is 0. The van der Waals surface area contributed by atoms with Gasteiger partial charge in [-0.05, 0) is 111 Å². The summed E-state index contributed by atoms with van der Waals surface area (Å²) in [6, 6.07) is 84.1. The number of furan rings is 2. The molecule has 2 heterocycles. The van der Waals surface area contributed by atoms with Crippen molar-refractivity contribution in [3.63, 3.8) is 0 Å². The molecule has 0 aliphatic heterocycles. The first-order valence-corrected chi connectivity index (χ1v) is 21.4. The van der Waals surface area contributed by atoms with Crippen molar-refractivity contribution in [2.45, 2.75) is 0 Å². The second kappa shape index (κ2) is 15.3. The molecule has 0 amide bonds. The van der Waals surface area contributed by atoms with Crippen LogP contribution < -0.4 is 4.90 Å². The molecule has 3 nitrogen and oxygen atoms in total. The van der Waals surface area contributed by atoms with E-state index in [0.29, 0.717) is 0 Å². The Kier molecular flexibility index (Phi) is 8.83. The summed E-state index contributed by atoms with van der Waals surface area (Å²) < 4.78 is 13.0. The molecule has 0 aliphatic rings. The van der Waals surface area contributed by atoms with Crippen molar-refractivity contribution in [3.05, 3.63) is 237 Å². The van der Waals surface area contributed by atoms with Crippen LogP contribution in [0.25, 0.3) is 99.5 Å². The lowest BCUT2D eigenvalue weighted by atomic mass is 9.92. The Balaban J connectivity index is 0.953. The van der Waals surface area contributed by atoms with Crippen LogP contribution in [-0.4, -0.2) is 0 Å². The fourth-order valence-electron chi connectivity index (χ4n) is 9.17. The zero-order chi connectivity index (χ0) is 41.7. The maximum absolute atomic E-state index is 6.54. The molecule has 63 heavy (non-hydrogen) atoms. The molecule has 12 rings (SSSR count). The van der Waals surface area contributed by atoms with Crippen molar-refractivity contribution in [1.29, 1.82) is 0 Å². The molecule has 0 saturated carbocycles. The lowest BCUT2D eigenvalue weighted by Crippen LogP contribution is -2.09. The Morgan fingerprint density at radius 3 is 1.08 bits per heavy atom. The summed E-state index contributed by atoms with van der Waals surface area (Å²) in [6.45, 7) is 0. The highest BCUT2D eigenvalue weighted by Crippen LogP contribution is 2.42. The Morgan fingerprint density at radius 2 is 0.587 bits per heavy atom. The van der Waals surface area contributed by atoms with E-state index in [-0.39, 0.29) is 0 Å². The molecule has 0 spiro atoms. The average Bonchev–Trinajstić information content (AvgIpc) is 3.94. The zero-order valence-electron chi connectivity index (χ0n) is 34.3. The smallest absolute Gasteiger partial charge is 0.143 e. The topological polar surface area (TPSA) is 29.5 Å². The summed E-state index contributed by atoms with van der Waals surface area (Å²) in [5.74, 6) is 0. The van der Waals surface area contributed by atoms with Gasteiger partial charge < -0.3 is 13.7 Å². The van der Waals surface area contributed by atoms with Gasteiger partial charge in [0.25, 0.3) is 0 Å². The summed E-state index contributed by atoms with van der Waals surface area (Å²) in [4.78, 5) is 2.33. The predicted octanol–water partition coefficient (Wildman–Crippen LogP) is 17.3. The minimum absolute atomic E-state index is 0.896. The molecule has 2 aromatic heterocycles. The van der Waals surface area contributed by atoms with Gasteiger partial charge in [-0.25, -0.2) is 0 Å². The first kappa shape index (κ1) is 36.5. The fraction of sp³-hybridized carbons (Fsp3) is 0. The van der Waals surface area contributed by atoms with E-state index in [2.05, 4.69) is 217 Å². The SMILES string of the molecule is c1ccc(-c2ccc(N(c3ccc(-c4cc(-c5ccccc5)cc(-c5cccc6c5oc5ccccc56)c4)cc3)c3ccc(-c4cccc5c4oc4ccccc45)cc3)cc2)cc1. The highest BCUT2D eigenvalue weighted by Gasteiger charge is 2.18. The standard InChI is InChI=1S/C60H39NO2/c1-3-13-40(14-4-1)42-25-31-48(32-26-42)61(50-35-29-44(30-36-50)51-19-11-21-55-53-17-7-9-23-57(53)62-59(51)55)49-33-27-43(28-34-49)46-37-45(41-15-5-2-6-16-41)38-47(39-46)52-20-12-22-56-54-18-8-10-24-58(54)63-60(52)56/h1-39H. The summed E-state index contributed by atoms with van der Waals surface area (Å²) in [5, 5.41) is 4.50. The van der Waals surface area contributed by atoms with Crippen molar-refractivity contribution in [2.75, 3.05) is 4.90 Å². The third kappa shape index (κ3) is 6.55. The Bertz CT molecular complexity index is 3580. The van der Waals surface area contributed by atoms with Crippen molar-refractivity contribution >= 4 is 60.9 Å². The minimum Gasteiger partial charge on any atom is -0.455 e. The van der Waals surface area contributed by atoms with E-state index in [0.717, 1.165) is 99.9 Å². The summed E-state index contributed by atoms with van der Waals surface area (Å²) in [7, 11) is 0. The molecule has 0 aliphatic carbocycles. The maximum Gasteiger partial charge on any atom is 0.143 e. The third-order valence-corrected chi connectivity index (χ3v) is 12.3. The number of fused-ring (bicyclic) bond motifs is 6. The van der Waals surface area contributed by atoms with E-state index in [9.17, 15) is 0 Å². The van der Waals surface area contributed by atoms with E-state index in [1.165, 1.54) is 16.7 Å². The molecule has 0 N–H and O–H groups in total. The number of rotatable bonds is 8. The van der Waals surface area contributed by atoms with Gasteiger partial charge in [-0.15, -0.1) is 0 Å². The van der Waals surface area contributed by atoms with Crippen LogP contribution in [0.3, 0.4) is 0 Å². The molecule has 0 saturated heterocycles. The van der Waals surface area contributed by atoms with Gasteiger partial charge in [-0.2, -0.15) is 0 Å². The van der Waals surface area contributed by atoms with Gasteiger partial charge in [0.2, 0.25) is 0 Å². The van der Waals surface area contributed by atoms with E-state index in [1.807, 2.05) is 24.3 Å². The number of anilines is 3. The van der Waals surface area contributed by atoms with Crippen LogP contribution >= 0.6 is 0 Å². The second-order valence-electron chi connectivity index (χ2n) is 16.1. The molecular formula is C60H39NO2. The number of hydrogen-bond donors (Lipinski definition) is 0. The largest absolute Gasteiger partial charge is 0.455 e. The third-order valence-electron chi connectivity index (χ3n) is 12.3. The van der Waals surface area contributed by atoms with Gasteiger partial charge >= 0.3 is 0 Å². The van der Waals surface area contributed by atoms with Crippen LogP contribution in [0.1, 0.15) is 0 Å². The van der Waals surface area contributed by atoms with E-state index in [4.69, 9.17) is 8.83 Å². The highest BCUT2D eigenvalue weighted by atomic mass is 16.3. The lowest BCUT2D eigenvalue weighted by molar-refractivity contribution is 0.669. The normalized spacial score (nSPS) is 11.5. The van der Waals surface area contributed by atoms with Crippen LogP contribution in [0.5, 0.6) is 0 Å². The Labute approximate surface area is 365 Å². The zero-order valence-corrected chi connectivity index (χ0v) is 34.3. The Morgan fingerprint density at radius 1 is 0.238 bits per heavy atom. The first-order chi connectivity index (χ1) is 31.2. The summed E-state index contributed by atoms with van der Waals surface area (Å²) in [5.41, 5.74) is 18.1. The lowest BCUT2D eigenvalue weighted by Gasteiger charge is -2.26. The fourth-order valence-corrected chi connectivity index (χ4v) is 9.17. The van der Waals surface area contributed by atoms with Gasteiger partial charge in [-0.1, -0.05) is 170 Å². The molecule has 12 aromatic rings. The van der Waals surface area contributed by atoms with Crippen LogP contribution in [0.4, 0.5) is 17.1 Å². The maximum atomic E-state index is 6.54. The van der Waals surface area contributed by atoms with Crippen LogP contribution in [0.15, 0.2) is 245 Å². The van der Waals surface area contributed by atoms with Crippen molar-refractivity contribution in [1.82, 2.24) is 0 Å². The monoisotopic (exact) mass is 805 g/mol. The molecule has 3 heteroatoms. The molecule has 0 bridgehead atoms. The molecule has 10 aromatic carbocycles. The summed E-state index contributed by atoms with van der Waals surface area (Å²) >= 11 is 0. The van der Waals surface area contributed by atoms with Crippen molar-refractivity contribution < 1.29 is 8.83 Å². The van der Waals surface area contributed by atoms with Crippen LogP contribution in [-0.2, 0) is 0 Å². The van der Waals surface area contributed by atoms with Crippen LogP contribution in [0, 0.1) is 0 Å². The van der Waals surface area contributed by atoms with Gasteiger partial charge in [0, 0.05) is 49.7 Å². The van der Waals surface area contributed by atoms with E-state index >= 15 is 0 Å². The molecule has 0 radical (unpaired) electrons. The number of nitrogens with zero attached hydrogens (tertiary/aromatic N) is 1. The van der Waals surface area contributed by atoms with Gasteiger partial charge in [0.1, 0.15) is 22.3 Å².